The molecule has 0 radical (unpaired) electrons. The minimum Gasteiger partial charge on any atom is -0.479 e. The van der Waals surface area contributed by atoms with Gasteiger partial charge in [-0.25, -0.2) is 4.79 Å². The van der Waals surface area contributed by atoms with E-state index in [4.69, 9.17) is 9.47 Å². The molecule has 124 valence electrons. The van der Waals surface area contributed by atoms with E-state index < -0.39 is 12.2 Å². The molecule has 0 aliphatic carbocycles. The van der Waals surface area contributed by atoms with Crippen molar-refractivity contribution in [2.45, 2.75) is 19.4 Å². The number of hydrogen-bond acceptors (Lipinski definition) is 4. The van der Waals surface area contributed by atoms with E-state index in [0.717, 1.165) is 5.56 Å². The maximum Gasteiger partial charge on any atom is 0.412 e. The van der Waals surface area contributed by atoms with Gasteiger partial charge in [0, 0.05) is 6.54 Å². The molecule has 2 aromatic carbocycles. The largest absolute Gasteiger partial charge is 0.479 e. The van der Waals surface area contributed by atoms with Crippen molar-refractivity contribution in [2.75, 3.05) is 11.9 Å². The van der Waals surface area contributed by atoms with Gasteiger partial charge in [-0.1, -0.05) is 24.3 Å². The Labute approximate surface area is 139 Å². The third kappa shape index (κ3) is 3.84. The van der Waals surface area contributed by atoms with Crippen LogP contribution in [0.25, 0.3) is 0 Å². The topological polar surface area (TPSA) is 76.7 Å². The molecule has 1 aliphatic rings. The average molecular weight is 326 g/mol. The Bertz CT molecular complexity index is 746. The highest BCUT2D eigenvalue weighted by Crippen LogP contribution is 2.30. The van der Waals surface area contributed by atoms with Crippen LogP contribution in [0, 0.1) is 0 Å². The lowest BCUT2D eigenvalue weighted by Crippen LogP contribution is -2.34. The number of para-hydroxylation sites is 1. The SMILES string of the molecule is CC1Oc2ccc(CCNC(=O)Oc3ccccc3)cc2NC1=O. The van der Waals surface area contributed by atoms with E-state index in [2.05, 4.69) is 10.6 Å². The highest BCUT2D eigenvalue weighted by atomic mass is 16.6. The molecule has 0 bridgehead atoms. The number of hydrogen-bond donors (Lipinski definition) is 2. The second kappa shape index (κ2) is 7.04. The average Bonchev–Trinajstić information content (AvgIpc) is 2.57. The number of rotatable bonds is 4. The summed E-state index contributed by atoms with van der Waals surface area (Å²) in [5.74, 6) is 0.990. The summed E-state index contributed by atoms with van der Waals surface area (Å²) >= 11 is 0. The molecule has 0 saturated heterocycles. The molecule has 0 spiro atoms. The number of carbonyl (C=O) groups is 2. The highest BCUT2D eigenvalue weighted by molar-refractivity contribution is 5.97. The zero-order valence-electron chi connectivity index (χ0n) is 13.2. The molecule has 2 aromatic rings. The van der Waals surface area contributed by atoms with Crippen LogP contribution in [0.1, 0.15) is 12.5 Å². The van der Waals surface area contributed by atoms with Gasteiger partial charge >= 0.3 is 6.09 Å². The number of ether oxygens (including phenoxy) is 2. The monoisotopic (exact) mass is 326 g/mol. The van der Waals surface area contributed by atoms with Crippen molar-refractivity contribution in [3.63, 3.8) is 0 Å². The molecule has 24 heavy (non-hydrogen) atoms. The highest BCUT2D eigenvalue weighted by Gasteiger charge is 2.23. The van der Waals surface area contributed by atoms with Crippen LogP contribution >= 0.6 is 0 Å². The normalized spacial score (nSPS) is 15.7. The van der Waals surface area contributed by atoms with Crippen LogP contribution in [-0.4, -0.2) is 24.6 Å². The first-order chi connectivity index (χ1) is 11.6. The number of carbonyl (C=O) groups excluding carboxylic acids is 2. The molecule has 1 heterocycles. The van der Waals surface area contributed by atoms with E-state index in [1.54, 1.807) is 31.2 Å². The van der Waals surface area contributed by atoms with Crippen LogP contribution in [0.15, 0.2) is 48.5 Å². The van der Waals surface area contributed by atoms with Gasteiger partial charge in [0.25, 0.3) is 5.91 Å². The molecule has 6 nitrogen and oxygen atoms in total. The molecule has 1 unspecified atom stereocenters. The first-order valence-electron chi connectivity index (χ1n) is 7.73. The van der Waals surface area contributed by atoms with Gasteiger partial charge < -0.3 is 20.1 Å². The van der Waals surface area contributed by atoms with Crippen molar-refractivity contribution in [1.29, 1.82) is 0 Å². The number of nitrogens with one attached hydrogen (secondary N) is 2. The Kier molecular flexibility index (Phi) is 4.65. The Hall–Kier alpha value is -3.02. The van der Waals surface area contributed by atoms with Gasteiger partial charge in [0.1, 0.15) is 11.5 Å². The lowest BCUT2D eigenvalue weighted by atomic mass is 10.1. The predicted molar refractivity (Wildman–Crippen MR) is 89.3 cm³/mol. The fourth-order valence-electron chi connectivity index (χ4n) is 2.35. The van der Waals surface area contributed by atoms with Crippen molar-refractivity contribution in [3.8, 4) is 11.5 Å². The quantitative estimate of drug-likeness (QED) is 0.906. The summed E-state index contributed by atoms with van der Waals surface area (Å²) in [7, 11) is 0. The van der Waals surface area contributed by atoms with Crippen molar-refractivity contribution in [2.24, 2.45) is 0 Å². The van der Waals surface area contributed by atoms with Gasteiger partial charge in [-0.15, -0.1) is 0 Å². The molecular weight excluding hydrogens is 308 g/mol. The Balaban J connectivity index is 1.51. The van der Waals surface area contributed by atoms with Crippen LogP contribution in [0.2, 0.25) is 0 Å². The van der Waals surface area contributed by atoms with Gasteiger partial charge in [0.05, 0.1) is 5.69 Å². The summed E-state index contributed by atoms with van der Waals surface area (Å²) in [5.41, 5.74) is 1.63. The first-order valence-corrected chi connectivity index (χ1v) is 7.73. The molecule has 2 amide bonds. The zero-order chi connectivity index (χ0) is 16.9. The maximum absolute atomic E-state index is 11.7. The van der Waals surface area contributed by atoms with E-state index in [-0.39, 0.29) is 5.91 Å². The zero-order valence-corrected chi connectivity index (χ0v) is 13.2. The number of amides is 2. The van der Waals surface area contributed by atoms with Crippen molar-refractivity contribution < 1.29 is 19.1 Å². The van der Waals surface area contributed by atoms with E-state index >= 15 is 0 Å². The second-order valence-electron chi connectivity index (χ2n) is 5.46. The Morgan fingerprint density at radius 3 is 2.83 bits per heavy atom. The minimum atomic E-state index is -0.496. The summed E-state index contributed by atoms with van der Waals surface area (Å²) in [6.45, 7) is 2.13. The fraction of sp³-hybridized carbons (Fsp3) is 0.222. The third-order valence-electron chi connectivity index (χ3n) is 3.61. The maximum atomic E-state index is 11.7. The second-order valence-corrected chi connectivity index (χ2v) is 5.46. The van der Waals surface area contributed by atoms with Gasteiger partial charge in [-0.2, -0.15) is 0 Å². The summed E-state index contributed by atoms with van der Waals surface area (Å²) in [6, 6.07) is 14.5. The lowest BCUT2D eigenvalue weighted by molar-refractivity contribution is -0.122. The molecular formula is C18H18N2O4. The molecule has 0 aromatic heterocycles. The van der Waals surface area contributed by atoms with Crippen molar-refractivity contribution in [3.05, 3.63) is 54.1 Å². The summed E-state index contributed by atoms with van der Waals surface area (Å²) < 4.78 is 10.6. The summed E-state index contributed by atoms with van der Waals surface area (Å²) in [4.78, 5) is 23.3. The van der Waals surface area contributed by atoms with Gasteiger partial charge in [-0.3, -0.25) is 4.79 Å². The summed E-state index contributed by atoms with van der Waals surface area (Å²) in [6.07, 6.45) is -0.370. The van der Waals surface area contributed by atoms with Crippen LogP contribution in [-0.2, 0) is 11.2 Å². The molecule has 3 rings (SSSR count). The smallest absolute Gasteiger partial charge is 0.412 e. The number of benzene rings is 2. The van der Waals surface area contributed by atoms with E-state index in [0.29, 0.717) is 30.2 Å². The molecule has 1 aliphatic heterocycles. The van der Waals surface area contributed by atoms with Crippen molar-refractivity contribution >= 4 is 17.7 Å². The van der Waals surface area contributed by atoms with Gasteiger partial charge in [-0.05, 0) is 43.2 Å². The predicted octanol–water partition coefficient (Wildman–Crippen LogP) is 2.74. The first kappa shape index (κ1) is 15.9. The molecule has 0 fully saturated rings. The third-order valence-corrected chi connectivity index (χ3v) is 3.61. The van der Waals surface area contributed by atoms with Crippen LogP contribution in [0.5, 0.6) is 11.5 Å². The fourth-order valence-corrected chi connectivity index (χ4v) is 2.35. The molecule has 2 N–H and O–H groups in total. The van der Waals surface area contributed by atoms with Gasteiger partial charge in [0.2, 0.25) is 0 Å². The van der Waals surface area contributed by atoms with Crippen LogP contribution < -0.4 is 20.1 Å². The lowest BCUT2D eigenvalue weighted by Gasteiger charge is -2.23. The Morgan fingerprint density at radius 2 is 2.04 bits per heavy atom. The van der Waals surface area contributed by atoms with Crippen molar-refractivity contribution in [1.82, 2.24) is 5.32 Å². The van der Waals surface area contributed by atoms with Gasteiger partial charge in [0.15, 0.2) is 6.10 Å². The minimum absolute atomic E-state index is 0.163. The number of fused-ring (bicyclic) bond motifs is 1. The summed E-state index contributed by atoms with van der Waals surface area (Å²) in [5, 5.41) is 5.50. The Morgan fingerprint density at radius 1 is 1.25 bits per heavy atom. The molecule has 0 saturated carbocycles. The van der Waals surface area contributed by atoms with Crippen LogP contribution in [0.3, 0.4) is 0 Å². The van der Waals surface area contributed by atoms with E-state index in [1.165, 1.54) is 0 Å². The standard InChI is InChI=1S/C18H18N2O4/c1-12-17(21)20-15-11-13(7-8-16(15)23-12)9-10-19-18(22)24-14-5-3-2-4-6-14/h2-8,11-12H,9-10H2,1H3,(H,19,22)(H,20,21). The van der Waals surface area contributed by atoms with Crippen LogP contribution in [0.4, 0.5) is 10.5 Å². The number of anilines is 1. The van der Waals surface area contributed by atoms with E-state index in [1.807, 2.05) is 24.3 Å². The van der Waals surface area contributed by atoms with E-state index in [9.17, 15) is 9.59 Å². The molecule has 1 atom stereocenters. The molecule has 6 heteroatoms.